The molecule has 6 heteroatoms. The molecule has 0 bridgehead atoms. The quantitative estimate of drug-likeness (QED) is 0.848. The second-order valence-corrected chi connectivity index (χ2v) is 5.43. The molecule has 2 rings (SSSR count). The van der Waals surface area contributed by atoms with Crippen LogP contribution in [0.3, 0.4) is 0 Å². The zero-order valence-corrected chi connectivity index (χ0v) is 11.3. The van der Waals surface area contributed by atoms with Gasteiger partial charge in [-0.25, -0.2) is 4.98 Å². The Balaban J connectivity index is 1.76. The molecular formula is C12H19N3O2S. The highest BCUT2D eigenvalue weighted by Crippen LogP contribution is 2.16. The van der Waals surface area contributed by atoms with Crippen molar-refractivity contribution in [2.45, 2.75) is 38.3 Å². The minimum absolute atomic E-state index is 0.122. The van der Waals surface area contributed by atoms with E-state index in [1.54, 1.807) is 5.38 Å². The predicted octanol–water partition coefficient (Wildman–Crippen LogP) is 1.46. The van der Waals surface area contributed by atoms with Crippen LogP contribution >= 0.6 is 11.3 Å². The lowest BCUT2D eigenvalue weighted by Gasteiger charge is -2.09. The summed E-state index contributed by atoms with van der Waals surface area (Å²) in [7, 11) is 0. The van der Waals surface area contributed by atoms with E-state index in [1.807, 2.05) is 6.92 Å². The van der Waals surface area contributed by atoms with Gasteiger partial charge in [0.25, 0.3) is 5.91 Å². The minimum atomic E-state index is -0.129. The molecule has 0 spiro atoms. The second kappa shape index (κ2) is 6.26. The van der Waals surface area contributed by atoms with E-state index in [9.17, 15) is 4.79 Å². The van der Waals surface area contributed by atoms with Gasteiger partial charge in [0.15, 0.2) is 0 Å². The Bertz CT molecular complexity index is 400. The molecule has 2 unspecified atom stereocenters. The van der Waals surface area contributed by atoms with E-state index in [0.29, 0.717) is 18.3 Å². The first-order valence-electron chi connectivity index (χ1n) is 6.27. The Morgan fingerprint density at radius 3 is 3.22 bits per heavy atom. The Morgan fingerprint density at radius 2 is 2.61 bits per heavy atom. The molecule has 1 fully saturated rings. The third-order valence-electron chi connectivity index (χ3n) is 2.92. The van der Waals surface area contributed by atoms with Crippen LogP contribution in [0.4, 0.5) is 0 Å². The molecule has 0 aromatic carbocycles. The lowest BCUT2D eigenvalue weighted by atomic mass is 10.2. The van der Waals surface area contributed by atoms with Gasteiger partial charge in [-0.2, -0.15) is 0 Å². The summed E-state index contributed by atoms with van der Waals surface area (Å²) in [4.78, 5) is 16.0. The molecule has 1 aliphatic rings. The molecule has 1 saturated heterocycles. The topological polar surface area (TPSA) is 77.2 Å². The highest BCUT2D eigenvalue weighted by molar-refractivity contribution is 7.09. The third-order valence-corrected chi connectivity index (χ3v) is 3.97. The SMILES string of the molecule is CC(N)c1nc(C(=O)NCCC2CCCO2)cs1. The van der Waals surface area contributed by atoms with Gasteiger partial charge in [-0.1, -0.05) is 0 Å². The first-order chi connectivity index (χ1) is 8.66. The standard InChI is InChI=1S/C12H19N3O2S/c1-8(13)12-15-10(7-18-12)11(16)14-5-4-9-3-2-6-17-9/h7-9H,2-6,13H2,1H3,(H,14,16). The van der Waals surface area contributed by atoms with Gasteiger partial charge < -0.3 is 15.8 Å². The maximum atomic E-state index is 11.8. The number of rotatable bonds is 5. The van der Waals surface area contributed by atoms with Crippen molar-refractivity contribution in [1.29, 1.82) is 0 Å². The molecule has 1 aromatic heterocycles. The smallest absolute Gasteiger partial charge is 0.270 e. The van der Waals surface area contributed by atoms with Gasteiger partial charge in [0, 0.05) is 18.5 Å². The fraction of sp³-hybridized carbons (Fsp3) is 0.667. The molecule has 100 valence electrons. The summed E-state index contributed by atoms with van der Waals surface area (Å²) >= 11 is 1.42. The van der Waals surface area contributed by atoms with Crippen molar-refractivity contribution in [2.24, 2.45) is 5.73 Å². The number of amides is 1. The highest BCUT2D eigenvalue weighted by Gasteiger charge is 2.16. The maximum Gasteiger partial charge on any atom is 0.270 e. The molecule has 2 heterocycles. The van der Waals surface area contributed by atoms with Crippen LogP contribution in [0.5, 0.6) is 0 Å². The number of aromatic nitrogens is 1. The van der Waals surface area contributed by atoms with Gasteiger partial charge in [-0.05, 0) is 26.2 Å². The van der Waals surface area contributed by atoms with E-state index in [4.69, 9.17) is 10.5 Å². The van der Waals surface area contributed by atoms with Gasteiger partial charge in [0.2, 0.25) is 0 Å². The Morgan fingerprint density at radius 1 is 1.78 bits per heavy atom. The molecule has 2 atom stereocenters. The number of nitrogens with one attached hydrogen (secondary N) is 1. The number of nitrogens with two attached hydrogens (primary N) is 1. The third kappa shape index (κ3) is 3.51. The maximum absolute atomic E-state index is 11.8. The van der Waals surface area contributed by atoms with Crippen molar-refractivity contribution in [3.05, 3.63) is 16.1 Å². The molecule has 1 aliphatic heterocycles. The van der Waals surface area contributed by atoms with Gasteiger partial charge in [-0.15, -0.1) is 11.3 Å². The average Bonchev–Trinajstić information content (AvgIpc) is 2.99. The van der Waals surface area contributed by atoms with Crippen molar-refractivity contribution < 1.29 is 9.53 Å². The first kappa shape index (κ1) is 13.5. The molecule has 0 saturated carbocycles. The van der Waals surface area contributed by atoms with Crippen LogP contribution in [0.2, 0.25) is 0 Å². The van der Waals surface area contributed by atoms with Crippen molar-refractivity contribution in [2.75, 3.05) is 13.2 Å². The summed E-state index contributed by atoms with van der Waals surface area (Å²) in [5.74, 6) is -0.129. The molecular weight excluding hydrogens is 250 g/mol. The molecule has 18 heavy (non-hydrogen) atoms. The normalized spacial score (nSPS) is 20.9. The minimum Gasteiger partial charge on any atom is -0.378 e. The fourth-order valence-electron chi connectivity index (χ4n) is 1.91. The van der Waals surface area contributed by atoms with Crippen molar-refractivity contribution in [3.63, 3.8) is 0 Å². The monoisotopic (exact) mass is 269 g/mol. The molecule has 1 aromatic rings. The zero-order valence-electron chi connectivity index (χ0n) is 10.5. The Hall–Kier alpha value is -0.980. The molecule has 1 amide bonds. The van der Waals surface area contributed by atoms with E-state index in [0.717, 1.165) is 30.9 Å². The molecule has 0 aliphatic carbocycles. The van der Waals surface area contributed by atoms with Gasteiger partial charge in [0.1, 0.15) is 10.7 Å². The van der Waals surface area contributed by atoms with Crippen molar-refractivity contribution in [3.8, 4) is 0 Å². The van der Waals surface area contributed by atoms with E-state index in [1.165, 1.54) is 11.3 Å². The number of nitrogens with zero attached hydrogens (tertiary/aromatic N) is 1. The highest BCUT2D eigenvalue weighted by atomic mass is 32.1. The summed E-state index contributed by atoms with van der Waals surface area (Å²) in [5, 5.41) is 5.40. The van der Waals surface area contributed by atoms with Crippen LogP contribution in [-0.4, -0.2) is 30.1 Å². The van der Waals surface area contributed by atoms with E-state index in [-0.39, 0.29) is 11.9 Å². The summed E-state index contributed by atoms with van der Waals surface area (Å²) < 4.78 is 5.49. The van der Waals surface area contributed by atoms with Crippen LogP contribution in [-0.2, 0) is 4.74 Å². The Kier molecular flexibility index (Phi) is 4.68. The van der Waals surface area contributed by atoms with Crippen LogP contribution in [0.15, 0.2) is 5.38 Å². The number of hydrogen-bond donors (Lipinski definition) is 2. The molecule has 0 radical (unpaired) electrons. The summed E-state index contributed by atoms with van der Waals surface area (Å²) in [5.41, 5.74) is 6.17. The largest absolute Gasteiger partial charge is 0.378 e. The lowest BCUT2D eigenvalue weighted by molar-refractivity contribution is 0.0903. The van der Waals surface area contributed by atoms with E-state index < -0.39 is 0 Å². The summed E-state index contributed by atoms with van der Waals surface area (Å²) in [6.07, 6.45) is 3.40. The Labute approximate surface area is 111 Å². The van der Waals surface area contributed by atoms with Gasteiger partial charge in [0.05, 0.1) is 12.1 Å². The molecule has 3 N–H and O–H groups in total. The number of carbonyl (C=O) groups is 1. The summed E-state index contributed by atoms with van der Waals surface area (Å²) in [6, 6.07) is -0.122. The second-order valence-electron chi connectivity index (χ2n) is 4.54. The number of ether oxygens (including phenoxy) is 1. The first-order valence-corrected chi connectivity index (χ1v) is 7.15. The summed E-state index contributed by atoms with van der Waals surface area (Å²) in [6.45, 7) is 3.34. The van der Waals surface area contributed by atoms with Gasteiger partial charge >= 0.3 is 0 Å². The van der Waals surface area contributed by atoms with E-state index in [2.05, 4.69) is 10.3 Å². The zero-order chi connectivity index (χ0) is 13.0. The van der Waals surface area contributed by atoms with Crippen LogP contribution in [0, 0.1) is 0 Å². The fourth-order valence-corrected chi connectivity index (χ4v) is 2.67. The van der Waals surface area contributed by atoms with Gasteiger partial charge in [-0.3, -0.25) is 4.79 Å². The van der Waals surface area contributed by atoms with Crippen LogP contribution in [0.25, 0.3) is 0 Å². The van der Waals surface area contributed by atoms with E-state index >= 15 is 0 Å². The number of thiazole rings is 1. The lowest BCUT2D eigenvalue weighted by Crippen LogP contribution is -2.27. The van der Waals surface area contributed by atoms with Crippen LogP contribution < -0.4 is 11.1 Å². The van der Waals surface area contributed by atoms with Crippen molar-refractivity contribution >= 4 is 17.2 Å². The van der Waals surface area contributed by atoms with Crippen LogP contribution in [0.1, 0.15) is 47.7 Å². The number of hydrogen-bond acceptors (Lipinski definition) is 5. The van der Waals surface area contributed by atoms with Crippen molar-refractivity contribution in [1.82, 2.24) is 10.3 Å². The predicted molar refractivity (Wildman–Crippen MR) is 70.6 cm³/mol. The average molecular weight is 269 g/mol. The molecule has 5 nitrogen and oxygen atoms in total. The number of carbonyl (C=O) groups excluding carboxylic acids is 1.